The molecule has 15 heavy (non-hydrogen) atoms. The number of nitrogens with one attached hydrogen (secondary N) is 1. The first-order chi connectivity index (χ1) is 7.02. The fourth-order valence-corrected chi connectivity index (χ4v) is 2.17. The Labute approximate surface area is 97.3 Å². The van der Waals surface area contributed by atoms with Crippen molar-refractivity contribution in [2.45, 2.75) is 39.0 Å². The largest absolute Gasteiger partial charge is 0.468 e. The minimum atomic E-state index is -0.175. The molecule has 4 heteroatoms. The van der Waals surface area contributed by atoms with Crippen molar-refractivity contribution in [2.24, 2.45) is 5.92 Å². The molecule has 3 nitrogen and oxygen atoms in total. The van der Waals surface area contributed by atoms with Crippen LogP contribution in [-0.4, -0.2) is 36.7 Å². The van der Waals surface area contributed by atoms with E-state index in [1.165, 1.54) is 7.11 Å². The highest BCUT2D eigenvalue weighted by atomic mass is 32.2. The molecule has 0 bridgehead atoms. The van der Waals surface area contributed by atoms with Crippen molar-refractivity contribution in [3.8, 4) is 0 Å². The van der Waals surface area contributed by atoms with Crippen molar-refractivity contribution in [1.82, 2.24) is 5.32 Å². The smallest absolute Gasteiger partial charge is 0.323 e. The lowest BCUT2D eigenvalue weighted by molar-refractivity contribution is -0.142. The molecule has 0 aliphatic carbocycles. The highest BCUT2D eigenvalue weighted by Crippen LogP contribution is 2.19. The third-order valence-electron chi connectivity index (χ3n) is 2.40. The van der Waals surface area contributed by atoms with E-state index in [-0.39, 0.29) is 12.0 Å². The van der Waals surface area contributed by atoms with Gasteiger partial charge >= 0.3 is 5.97 Å². The summed E-state index contributed by atoms with van der Waals surface area (Å²) >= 11 is 1.81. The maximum atomic E-state index is 11.4. The number of carbonyl (C=O) groups excluding carboxylic acids is 1. The van der Waals surface area contributed by atoms with Crippen LogP contribution in [-0.2, 0) is 9.53 Å². The van der Waals surface area contributed by atoms with Crippen LogP contribution in [0.4, 0.5) is 0 Å². The molecule has 0 fully saturated rings. The van der Waals surface area contributed by atoms with Crippen molar-refractivity contribution in [1.29, 1.82) is 0 Å². The van der Waals surface area contributed by atoms with Crippen LogP contribution in [0.1, 0.15) is 27.7 Å². The molecule has 0 amide bonds. The number of carbonyl (C=O) groups is 1. The molecule has 0 aliphatic heterocycles. The maximum absolute atomic E-state index is 11.4. The minimum Gasteiger partial charge on any atom is -0.468 e. The Bertz CT molecular complexity index is 185. The Kier molecular flexibility index (Phi) is 7.88. The number of likely N-dealkylation sites (N-methyl/N-ethyl adjacent to an activating group) is 1. The molecule has 1 N–H and O–H groups in total. The van der Waals surface area contributed by atoms with E-state index in [0.29, 0.717) is 11.2 Å². The summed E-state index contributed by atoms with van der Waals surface area (Å²) < 4.78 is 4.74. The molecule has 0 rings (SSSR count). The van der Waals surface area contributed by atoms with Crippen LogP contribution in [0.25, 0.3) is 0 Å². The topological polar surface area (TPSA) is 38.3 Å². The van der Waals surface area contributed by atoms with Crippen molar-refractivity contribution in [3.63, 3.8) is 0 Å². The summed E-state index contributed by atoms with van der Waals surface area (Å²) in [4.78, 5) is 11.4. The van der Waals surface area contributed by atoms with E-state index in [1.807, 2.05) is 18.7 Å². The van der Waals surface area contributed by atoms with Gasteiger partial charge in [0, 0.05) is 11.0 Å². The van der Waals surface area contributed by atoms with E-state index in [2.05, 4.69) is 26.1 Å². The number of ether oxygens (including phenoxy) is 1. The Hall–Kier alpha value is -0.220. The second-order valence-electron chi connectivity index (χ2n) is 3.92. The summed E-state index contributed by atoms with van der Waals surface area (Å²) in [5, 5.41) is 3.70. The normalized spacial score (nSPS) is 15.1. The quantitative estimate of drug-likeness (QED) is 0.682. The Morgan fingerprint density at radius 3 is 2.40 bits per heavy atom. The van der Waals surface area contributed by atoms with Gasteiger partial charge in [0.25, 0.3) is 0 Å². The van der Waals surface area contributed by atoms with Crippen LogP contribution in [0, 0.1) is 5.92 Å². The first kappa shape index (κ1) is 14.8. The molecule has 90 valence electrons. The van der Waals surface area contributed by atoms with Crippen LogP contribution >= 0.6 is 11.8 Å². The van der Waals surface area contributed by atoms with Gasteiger partial charge in [-0.3, -0.25) is 4.79 Å². The lowest BCUT2D eigenvalue weighted by atomic mass is 10.2. The molecule has 2 atom stereocenters. The highest BCUT2D eigenvalue weighted by Gasteiger charge is 2.19. The molecule has 0 saturated heterocycles. The van der Waals surface area contributed by atoms with Crippen molar-refractivity contribution < 1.29 is 9.53 Å². The van der Waals surface area contributed by atoms with Gasteiger partial charge in [-0.15, -0.1) is 0 Å². The van der Waals surface area contributed by atoms with Crippen LogP contribution < -0.4 is 5.32 Å². The molecular weight excluding hydrogens is 210 g/mol. The summed E-state index contributed by atoms with van der Waals surface area (Å²) in [6.45, 7) is 9.36. The van der Waals surface area contributed by atoms with Crippen molar-refractivity contribution >= 4 is 17.7 Å². The Balaban J connectivity index is 4.00. The zero-order valence-corrected chi connectivity index (χ0v) is 11.2. The van der Waals surface area contributed by atoms with Gasteiger partial charge in [-0.05, 0) is 12.5 Å². The molecule has 0 aliphatic rings. The van der Waals surface area contributed by atoms with E-state index >= 15 is 0 Å². The van der Waals surface area contributed by atoms with Crippen LogP contribution in [0.15, 0.2) is 0 Å². The fraction of sp³-hybridized carbons (Fsp3) is 0.909. The van der Waals surface area contributed by atoms with E-state index in [1.54, 1.807) is 0 Å². The maximum Gasteiger partial charge on any atom is 0.323 e. The van der Waals surface area contributed by atoms with Crippen LogP contribution in [0.2, 0.25) is 0 Å². The number of rotatable bonds is 7. The third kappa shape index (κ3) is 6.05. The van der Waals surface area contributed by atoms with Gasteiger partial charge in [0.2, 0.25) is 0 Å². The van der Waals surface area contributed by atoms with Gasteiger partial charge in [0.15, 0.2) is 0 Å². The number of hydrogen-bond acceptors (Lipinski definition) is 4. The average Bonchev–Trinajstić information content (AvgIpc) is 2.22. The van der Waals surface area contributed by atoms with Crippen LogP contribution in [0.3, 0.4) is 0 Å². The molecule has 2 unspecified atom stereocenters. The summed E-state index contributed by atoms with van der Waals surface area (Å²) in [5.41, 5.74) is 0. The molecule has 0 spiro atoms. The van der Waals surface area contributed by atoms with Gasteiger partial charge in [-0.1, -0.05) is 27.7 Å². The number of thioether (sulfide) groups is 1. The highest BCUT2D eigenvalue weighted by molar-refractivity contribution is 7.99. The first-order valence-electron chi connectivity index (χ1n) is 5.45. The predicted molar refractivity (Wildman–Crippen MR) is 66.2 cm³/mol. The standard InChI is InChI=1S/C11H23NO2S/c1-6-12-10(11(13)14-5)7-15-9(4)8(2)3/h8-10,12H,6-7H2,1-5H3. The van der Waals surface area contributed by atoms with E-state index < -0.39 is 0 Å². The first-order valence-corrected chi connectivity index (χ1v) is 6.50. The van der Waals surface area contributed by atoms with Gasteiger partial charge in [0.1, 0.15) is 6.04 Å². The lowest BCUT2D eigenvalue weighted by Gasteiger charge is -2.19. The SMILES string of the molecule is CCNC(CSC(C)C(C)C)C(=O)OC. The van der Waals surface area contributed by atoms with E-state index in [9.17, 15) is 4.79 Å². The summed E-state index contributed by atoms with van der Waals surface area (Å²) in [6, 6.07) is -0.175. The van der Waals surface area contributed by atoms with Gasteiger partial charge in [-0.2, -0.15) is 11.8 Å². The molecule has 0 aromatic carbocycles. The van der Waals surface area contributed by atoms with Crippen LogP contribution in [0.5, 0.6) is 0 Å². The number of methoxy groups -OCH3 is 1. The predicted octanol–water partition coefficient (Wildman–Crippen LogP) is 1.92. The Morgan fingerprint density at radius 1 is 1.40 bits per heavy atom. The molecule has 0 heterocycles. The number of hydrogen-bond donors (Lipinski definition) is 1. The average molecular weight is 233 g/mol. The van der Waals surface area contributed by atoms with Gasteiger partial charge in [0.05, 0.1) is 7.11 Å². The van der Waals surface area contributed by atoms with Gasteiger partial charge < -0.3 is 10.1 Å². The lowest BCUT2D eigenvalue weighted by Crippen LogP contribution is -2.40. The van der Waals surface area contributed by atoms with Gasteiger partial charge in [-0.25, -0.2) is 0 Å². The summed E-state index contributed by atoms with van der Waals surface area (Å²) in [5.74, 6) is 1.25. The molecule has 0 aromatic rings. The fourth-order valence-electron chi connectivity index (χ4n) is 1.04. The minimum absolute atomic E-state index is 0.166. The number of esters is 1. The van der Waals surface area contributed by atoms with Crippen molar-refractivity contribution in [2.75, 3.05) is 19.4 Å². The molecule has 0 aromatic heterocycles. The zero-order valence-electron chi connectivity index (χ0n) is 10.4. The summed E-state index contributed by atoms with van der Waals surface area (Å²) in [6.07, 6.45) is 0. The Morgan fingerprint density at radius 2 is 2.00 bits per heavy atom. The third-order valence-corrected chi connectivity index (χ3v) is 4.00. The zero-order chi connectivity index (χ0) is 11.8. The van der Waals surface area contributed by atoms with E-state index in [0.717, 1.165) is 12.3 Å². The second kappa shape index (κ2) is 7.99. The summed E-state index contributed by atoms with van der Waals surface area (Å²) in [7, 11) is 1.43. The second-order valence-corrected chi connectivity index (χ2v) is 5.33. The van der Waals surface area contributed by atoms with Crippen molar-refractivity contribution in [3.05, 3.63) is 0 Å². The monoisotopic (exact) mass is 233 g/mol. The molecule has 0 saturated carbocycles. The molecular formula is C11H23NO2S. The van der Waals surface area contributed by atoms with E-state index in [4.69, 9.17) is 4.74 Å². The molecule has 0 radical (unpaired) electrons.